The molecule has 0 radical (unpaired) electrons. The SMILES string of the molecule is CC(=O)c1ccc(Cl)c(F)c1C1=CC(=O)N([C@H]2CCC[C@@H](C)C(=O)Nc3cnn(C)c3-c3ccnc2c3)CC1.O=C(O)C(F)(F)F. The van der Waals surface area contributed by atoms with Gasteiger partial charge in [0.15, 0.2) is 5.78 Å². The number of nitrogens with zero attached hydrogens (tertiary/aromatic N) is 4. The Kier molecular flexibility index (Phi) is 10.3. The van der Waals surface area contributed by atoms with Crippen LogP contribution in [0.2, 0.25) is 5.02 Å². The Balaban J connectivity index is 0.000000617. The summed E-state index contributed by atoms with van der Waals surface area (Å²) in [6.07, 6.45) is 1.93. The molecule has 0 fully saturated rings. The second kappa shape index (κ2) is 13.8. The molecule has 2 N–H and O–H groups in total. The molecule has 0 saturated heterocycles. The maximum Gasteiger partial charge on any atom is 0.490 e. The van der Waals surface area contributed by atoms with Gasteiger partial charge in [0.1, 0.15) is 5.82 Å². The van der Waals surface area contributed by atoms with Gasteiger partial charge in [-0.1, -0.05) is 24.9 Å². The summed E-state index contributed by atoms with van der Waals surface area (Å²) in [6.45, 7) is 3.57. The van der Waals surface area contributed by atoms with E-state index in [-0.39, 0.29) is 45.7 Å². The van der Waals surface area contributed by atoms with Crippen LogP contribution in [0.25, 0.3) is 16.8 Å². The topological polar surface area (TPSA) is 134 Å². The number of carboxylic acids is 1. The van der Waals surface area contributed by atoms with Crippen LogP contribution in [0.5, 0.6) is 0 Å². The van der Waals surface area contributed by atoms with Gasteiger partial charge in [0.25, 0.3) is 0 Å². The van der Waals surface area contributed by atoms with Crippen molar-refractivity contribution in [2.24, 2.45) is 13.0 Å². The zero-order valence-corrected chi connectivity index (χ0v) is 25.7. The van der Waals surface area contributed by atoms with Gasteiger partial charge < -0.3 is 15.3 Å². The molecule has 15 heteroatoms. The third kappa shape index (κ3) is 7.44. The van der Waals surface area contributed by atoms with Crippen LogP contribution in [0.1, 0.15) is 67.2 Å². The molecular formula is C31H30ClF4N5O5. The molecule has 2 atom stereocenters. The molecule has 0 unspecified atom stereocenters. The number of hydrogen-bond acceptors (Lipinski definition) is 6. The minimum absolute atomic E-state index is 0.0814. The average Bonchev–Trinajstić information content (AvgIpc) is 3.35. The van der Waals surface area contributed by atoms with E-state index >= 15 is 4.39 Å². The zero-order valence-electron chi connectivity index (χ0n) is 25.0. The fraction of sp³-hybridized carbons (Fsp3) is 0.355. The van der Waals surface area contributed by atoms with Crippen LogP contribution in [0.4, 0.5) is 23.2 Å². The largest absolute Gasteiger partial charge is 0.490 e. The van der Waals surface area contributed by atoms with E-state index in [1.807, 2.05) is 26.1 Å². The quantitative estimate of drug-likeness (QED) is 0.251. The van der Waals surface area contributed by atoms with Crippen LogP contribution >= 0.6 is 11.6 Å². The number of alkyl halides is 3. The molecule has 244 valence electrons. The molecule has 3 aromatic rings. The summed E-state index contributed by atoms with van der Waals surface area (Å²) in [5.41, 5.74) is 3.65. The third-order valence-corrected chi connectivity index (χ3v) is 8.06. The summed E-state index contributed by atoms with van der Waals surface area (Å²) < 4.78 is 48.5. The van der Waals surface area contributed by atoms with E-state index in [0.717, 1.165) is 17.0 Å². The maximum absolute atomic E-state index is 15.1. The van der Waals surface area contributed by atoms with Gasteiger partial charge in [-0.15, -0.1) is 0 Å². The van der Waals surface area contributed by atoms with Crippen molar-refractivity contribution in [1.82, 2.24) is 19.7 Å². The number of pyridine rings is 1. The number of anilines is 1. The molecule has 2 aliphatic heterocycles. The van der Waals surface area contributed by atoms with Crippen LogP contribution < -0.4 is 5.32 Å². The first kappa shape index (κ1) is 34.3. The van der Waals surface area contributed by atoms with Crippen molar-refractivity contribution in [3.05, 3.63) is 70.4 Å². The number of nitrogens with one attached hydrogen (secondary N) is 1. The minimum atomic E-state index is -5.08. The van der Waals surface area contributed by atoms with Crippen molar-refractivity contribution in [2.45, 2.75) is 51.7 Å². The number of Topliss-reactive ketones (excluding diaryl/α,β-unsaturated/α-hetero) is 1. The number of aromatic nitrogens is 3. The Morgan fingerprint density at radius 1 is 1.15 bits per heavy atom. The minimum Gasteiger partial charge on any atom is -0.475 e. The second-order valence-electron chi connectivity index (χ2n) is 10.9. The Hall–Kier alpha value is -4.59. The first-order valence-corrected chi connectivity index (χ1v) is 14.6. The Morgan fingerprint density at radius 3 is 2.48 bits per heavy atom. The summed E-state index contributed by atoms with van der Waals surface area (Å²) in [7, 11) is 1.81. The van der Waals surface area contributed by atoms with Crippen molar-refractivity contribution >= 4 is 46.4 Å². The predicted octanol–water partition coefficient (Wildman–Crippen LogP) is 6.23. The fourth-order valence-electron chi connectivity index (χ4n) is 5.44. The number of carbonyl (C=O) groups excluding carboxylic acids is 3. The summed E-state index contributed by atoms with van der Waals surface area (Å²) >= 11 is 6.03. The predicted molar refractivity (Wildman–Crippen MR) is 160 cm³/mol. The lowest BCUT2D eigenvalue weighted by Crippen LogP contribution is -2.38. The highest BCUT2D eigenvalue weighted by Crippen LogP contribution is 2.37. The van der Waals surface area contributed by atoms with Crippen molar-refractivity contribution < 1.29 is 41.8 Å². The molecule has 0 spiro atoms. The summed E-state index contributed by atoms with van der Waals surface area (Å²) in [6, 6.07) is 6.28. The van der Waals surface area contributed by atoms with Gasteiger partial charge in [-0.2, -0.15) is 18.3 Å². The highest BCUT2D eigenvalue weighted by molar-refractivity contribution is 6.31. The Morgan fingerprint density at radius 2 is 1.85 bits per heavy atom. The molecule has 4 heterocycles. The number of aryl methyl sites for hydroxylation is 1. The molecule has 0 aliphatic carbocycles. The van der Waals surface area contributed by atoms with Gasteiger partial charge in [-0.05, 0) is 56.0 Å². The van der Waals surface area contributed by atoms with E-state index in [1.165, 1.54) is 25.1 Å². The Bertz CT molecular complexity index is 1720. The summed E-state index contributed by atoms with van der Waals surface area (Å²) in [4.78, 5) is 53.9. The summed E-state index contributed by atoms with van der Waals surface area (Å²) in [5, 5.41) is 14.4. The van der Waals surface area contributed by atoms with Gasteiger partial charge in [-0.3, -0.25) is 24.0 Å². The molecule has 5 rings (SSSR count). The van der Waals surface area contributed by atoms with Crippen LogP contribution in [-0.2, 0) is 21.4 Å². The van der Waals surface area contributed by atoms with Crippen LogP contribution in [0, 0.1) is 11.7 Å². The highest BCUT2D eigenvalue weighted by Gasteiger charge is 2.38. The van der Waals surface area contributed by atoms with E-state index in [1.54, 1.807) is 22.0 Å². The van der Waals surface area contributed by atoms with Gasteiger partial charge in [0.2, 0.25) is 11.8 Å². The van der Waals surface area contributed by atoms with E-state index in [4.69, 9.17) is 21.5 Å². The molecule has 0 saturated carbocycles. The lowest BCUT2D eigenvalue weighted by atomic mass is 9.90. The number of carbonyl (C=O) groups is 4. The smallest absolute Gasteiger partial charge is 0.475 e. The van der Waals surface area contributed by atoms with Crippen molar-refractivity contribution in [1.29, 1.82) is 0 Å². The number of carboxylic acid groups (broad SMARTS) is 1. The first-order chi connectivity index (χ1) is 21.6. The van der Waals surface area contributed by atoms with E-state index in [2.05, 4.69) is 15.4 Å². The lowest BCUT2D eigenvalue weighted by molar-refractivity contribution is -0.192. The summed E-state index contributed by atoms with van der Waals surface area (Å²) in [5.74, 6) is -4.36. The Labute approximate surface area is 266 Å². The van der Waals surface area contributed by atoms with Crippen molar-refractivity contribution in [3.8, 4) is 11.3 Å². The normalized spacial score (nSPS) is 18.6. The second-order valence-corrected chi connectivity index (χ2v) is 11.3. The number of halogens is 5. The van der Waals surface area contributed by atoms with Gasteiger partial charge in [0.05, 0.1) is 34.3 Å². The molecule has 2 amide bonds. The standard InChI is InChI=1S/C29H29ClFN5O3.C2HF3O2/c1-16-5-4-6-24(22-13-19(9-11-32-22)28-23(34-29(16)39)15-33-35(28)3)36-12-10-18(14-25(36)38)26-20(17(2)37)7-8-21(30)27(26)31;3-2(4,5)1(6)7/h7-9,11,13-16,24H,4-6,10,12H2,1-3H3,(H,34,39);(H,6,7)/t16-,24+;/m1./s1. The van der Waals surface area contributed by atoms with Crippen LogP contribution in [0.15, 0.2) is 42.7 Å². The molecular weight excluding hydrogens is 634 g/mol. The number of aliphatic carboxylic acids is 1. The number of ketones is 1. The lowest BCUT2D eigenvalue weighted by Gasteiger charge is -2.35. The van der Waals surface area contributed by atoms with E-state index in [9.17, 15) is 27.6 Å². The van der Waals surface area contributed by atoms with E-state index < -0.39 is 18.0 Å². The van der Waals surface area contributed by atoms with Crippen LogP contribution in [-0.4, -0.2) is 61.1 Å². The number of fused-ring (bicyclic) bond motifs is 4. The molecule has 46 heavy (non-hydrogen) atoms. The average molecular weight is 664 g/mol. The molecule has 1 aromatic carbocycles. The van der Waals surface area contributed by atoms with Gasteiger partial charge >= 0.3 is 12.1 Å². The molecule has 2 bridgehead atoms. The number of amides is 2. The van der Waals surface area contributed by atoms with Crippen LogP contribution in [0.3, 0.4) is 0 Å². The zero-order chi connectivity index (χ0) is 33.9. The first-order valence-electron chi connectivity index (χ1n) is 14.2. The van der Waals surface area contributed by atoms with Crippen molar-refractivity contribution in [3.63, 3.8) is 0 Å². The number of rotatable bonds is 3. The highest BCUT2D eigenvalue weighted by atomic mass is 35.5. The van der Waals surface area contributed by atoms with E-state index in [0.29, 0.717) is 43.5 Å². The monoisotopic (exact) mass is 663 g/mol. The van der Waals surface area contributed by atoms with Gasteiger partial charge in [-0.25, -0.2) is 9.18 Å². The molecule has 2 aromatic heterocycles. The molecule has 2 aliphatic rings. The fourth-order valence-corrected chi connectivity index (χ4v) is 5.59. The maximum atomic E-state index is 15.1. The van der Waals surface area contributed by atoms with Gasteiger partial charge in [0, 0.05) is 48.5 Å². The number of benzene rings is 1. The number of hydrogen-bond donors (Lipinski definition) is 2. The molecule has 10 nitrogen and oxygen atoms in total. The third-order valence-electron chi connectivity index (χ3n) is 7.77. The van der Waals surface area contributed by atoms with Crippen molar-refractivity contribution in [2.75, 3.05) is 11.9 Å².